The van der Waals surface area contributed by atoms with Crippen molar-refractivity contribution in [3.05, 3.63) is 72.8 Å². The Balaban J connectivity index is 1.44. The number of carbonyl (C=O) groups is 1. The summed E-state index contributed by atoms with van der Waals surface area (Å²) in [5.74, 6) is 0.567. The maximum atomic E-state index is 11.3. The average Bonchev–Trinajstić information content (AvgIpc) is 3.50. The summed E-state index contributed by atoms with van der Waals surface area (Å²) in [5.41, 5.74) is 1.58. The van der Waals surface area contributed by atoms with E-state index < -0.39 is 11.9 Å². The number of thioether (sulfide) groups is 1. The standard InChI is InChI=1S/C24H27N3O5S/c1-3-27(23(28)29)19-6-10-22(11-7-19)33-15-21-14-31-24(32-21,16-26-13-12-25-17-26)18-4-8-20(30-2)9-5-18/h4-13,17,21H,3,14-16H2,1-2H3,(H,28,29). The summed E-state index contributed by atoms with van der Waals surface area (Å²) in [6.07, 6.45) is 4.31. The smallest absolute Gasteiger partial charge is 0.411 e. The zero-order valence-electron chi connectivity index (χ0n) is 18.6. The van der Waals surface area contributed by atoms with Gasteiger partial charge >= 0.3 is 6.09 Å². The second-order valence-electron chi connectivity index (χ2n) is 7.60. The third-order valence-electron chi connectivity index (χ3n) is 5.47. The molecule has 1 aliphatic heterocycles. The summed E-state index contributed by atoms with van der Waals surface area (Å²) in [6, 6.07) is 15.3. The number of methoxy groups -OCH3 is 1. The molecule has 174 valence electrons. The second-order valence-corrected chi connectivity index (χ2v) is 8.69. The van der Waals surface area contributed by atoms with Gasteiger partial charge in [-0.3, -0.25) is 4.90 Å². The van der Waals surface area contributed by atoms with E-state index in [1.54, 1.807) is 31.4 Å². The quantitative estimate of drug-likeness (QED) is 0.463. The van der Waals surface area contributed by atoms with Gasteiger partial charge in [-0.1, -0.05) is 0 Å². The van der Waals surface area contributed by atoms with Crippen molar-refractivity contribution in [1.29, 1.82) is 0 Å². The highest BCUT2D eigenvalue weighted by Crippen LogP contribution is 2.38. The van der Waals surface area contributed by atoms with E-state index in [-0.39, 0.29) is 6.10 Å². The molecule has 1 fully saturated rings. The fraction of sp³-hybridized carbons (Fsp3) is 0.333. The maximum Gasteiger partial charge on any atom is 0.411 e. The Morgan fingerprint density at radius 3 is 2.64 bits per heavy atom. The topological polar surface area (TPSA) is 86.1 Å². The molecular weight excluding hydrogens is 442 g/mol. The van der Waals surface area contributed by atoms with Gasteiger partial charge in [0.15, 0.2) is 0 Å². The number of ether oxygens (including phenoxy) is 3. The van der Waals surface area contributed by atoms with E-state index >= 15 is 0 Å². The van der Waals surface area contributed by atoms with Crippen LogP contribution in [-0.4, -0.2) is 52.9 Å². The molecule has 0 saturated carbocycles. The summed E-state index contributed by atoms with van der Waals surface area (Å²) >= 11 is 1.65. The van der Waals surface area contributed by atoms with Crippen molar-refractivity contribution < 1.29 is 24.1 Å². The largest absolute Gasteiger partial charge is 0.497 e. The molecule has 1 N–H and O–H groups in total. The minimum absolute atomic E-state index is 0.105. The number of hydrogen-bond donors (Lipinski definition) is 1. The molecule has 2 atom stereocenters. The minimum Gasteiger partial charge on any atom is -0.497 e. The highest BCUT2D eigenvalue weighted by Gasteiger charge is 2.43. The lowest BCUT2D eigenvalue weighted by atomic mass is 10.1. The van der Waals surface area contributed by atoms with Gasteiger partial charge < -0.3 is 23.9 Å². The van der Waals surface area contributed by atoms with Crippen molar-refractivity contribution in [1.82, 2.24) is 9.55 Å². The molecule has 2 aromatic carbocycles. The Hall–Kier alpha value is -3.01. The first kappa shape index (κ1) is 23.2. The monoisotopic (exact) mass is 469 g/mol. The average molecular weight is 470 g/mol. The van der Waals surface area contributed by atoms with Crippen molar-refractivity contribution in [3.63, 3.8) is 0 Å². The van der Waals surface area contributed by atoms with Gasteiger partial charge in [-0.25, -0.2) is 9.78 Å². The zero-order chi connectivity index (χ0) is 23.3. The molecule has 3 aromatic rings. The van der Waals surface area contributed by atoms with E-state index in [1.165, 1.54) is 4.90 Å². The predicted molar refractivity (Wildman–Crippen MR) is 126 cm³/mol. The van der Waals surface area contributed by atoms with E-state index in [9.17, 15) is 9.90 Å². The normalized spacial score (nSPS) is 20.0. The Morgan fingerprint density at radius 2 is 2.03 bits per heavy atom. The van der Waals surface area contributed by atoms with Crippen LogP contribution in [0, 0.1) is 0 Å². The molecule has 0 radical (unpaired) electrons. The lowest BCUT2D eigenvalue weighted by Gasteiger charge is -2.29. The minimum atomic E-state index is -0.956. The third kappa shape index (κ3) is 5.32. The number of anilines is 1. The van der Waals surface area contributed by atoms with Crippen molar-refractivity contribution in [2.24, 2.45) is 0 Å². The first-order valence-corrected chi connectivity index (χ1v) is 11.7. The van der Waals surface area contributed by atoms with Crippen LogP contribution in [-0.2, 0) is 21.8 Å². The molecule has 9 heteroatoms. The number of carboxylic acid groups (broad SMARTS) is 1. The molecule has 0 spiro atoms. The van der Waals surface area contributed by atoms with Crippen LogP contribution < -0.4 is 9.64 Å². The molecule has 1 saturated heterocycles. The number of imidazole rings is 1. The number of benzene rings is 2. The summed E-state index contributed by atoms with van der Waals surface area (Å²) in [7, 11) is 1.64. The van der Waals surface area contributed by atoms with Gasteiger partial charge in [0.2, 0.25) is 5.79 Å². The molecular formula is C24H27N3O5S. The number of hydrogen-bond acceptors (Lipinski definition) is 6. The Labute approximate surface area is 197 Å². The van der Waals surface area contributed by atoms with Crippen molar-refractivity contribution >= 4 is 23.5 Å². The number of amides is 1. The zero-order valence-corrected chi connectivity index (χ0v) is 19.4. The molecule has 1 amide bonds. The van der Waals surface area contributed by atoms with Gasteiger partial charge in [0, 0.05) is 40.8 Å². The summed E-state index contributed by atoms with van der Waals surface area (Å²) in [6.45, 7) is 3.16. The van der Waals surface area contributed by atoms with Gasteiger partial charge in [-0.15, -0.1) is 11.8 Å². The summed E-state index contributed by atoms with van der Waals surface area (Å²) < 4.78 is 20.0. The molecule has 33 heavy (non-hydrogen) atoms. The molecule has 0 aliphatic carbocycles. The lowest BCUT2D eigenvalue weighted by molar-refractivity contribution is -0.184. The predicted octanol–water partition coefficient (Wildman–Crippen LogP) is 4.46. The van der Waals surface area contributed by atoms with Crippen LogP contribution in [0.1, 0.15) is 12.5 Å². The number of rotatable bonds is 9. The third-order valence-corrected chi connectivity index (χ3v) is 6.61. The van der Waals surface area contributed by atoms with Gasteiger partial charge in [0.05, 0.1) is 32.7 Å². The fourth-order valence-corrected chi connectivity index (χ4v) is 4.65. The Bertz CT molecular complexity index is 1040. The van der Waals surface area contributed by atoms with E-state index in [0.717, 1.165) is 16.2 Å². The highest BCUT2D eigenvalue weighted by molar-refractivity contribution is 7.99. The molecule has 2 unspecified atom stereocenters. The second kappa shape index (κ2) is 10.3. The maximum absolute atomic E-state index is 11.3. The highest BCUT2D eigenvalue weighted by atomic mass is 32.2. The van der Waals surface area contributed by atoms with Crippen molar-refractivity contribution in [2.75, 3.05) is 30.9 Å². The fourth-order valence-electron chi connectivity index (χ4n) is 3.78. The molecule has 4 rings (SSSR count). The van der Waals surface area contributed by atoms with Gasteiger partial charge in [-0.05, 0) is 55.5 Å². The first-order chi connectivity index (χ1) is 16.0. The van der Waals surface area contributed by atoms with Crippen LogP contribution >= 0.6 is 11.8 Å². The molecule has 1 aromatic heterocycles. The van der Waals surface area contributed by atoms with E-state index in [2.05, 4.69) is 4.98 Å². The molecule has 1 aliphatic rings. The van der Waals surface area contributed by atoms with Crippen LogP contribution in [0.5, 0.6) is 5.75 Å². The van der Waals surface area contributed by atoms with E-state index in [1.807, 2.05) is 66.2 Å². The van der Waals surface area contributed by atoms with Crippen molar-refractivity contribution in [3.8, 4) is 5.75 Å². The number of aromatic nitrogens is 2. The van der Waals surface area contributed by atoms with E-state index in [0.29, 0.717) is 31.1 Å². The summed E-state index contributed by atoms with van der Waals surface area (Å²) in [5, 5.41) is 9.28. The summed E-state index contributed by atoms with van der Waals surface area (Å²) in [4.78, 5) is 17.8. The first-order valence-electron chi connectivity index (χ1n) is 10.7. The Kier molecular flexibility index (Phi) is 7.22. The van der Waals surface area contributed by atoms with Crippen LogP contribution in [0.4, 0.5) is 10.5 Å². The van der Waals surface area contributed by atoms with Gasteiger partial charge in [0.25, 0.3) is 0 Å². The van der Waals surface area contributed by atoms with Crippen LogP contribution in [0.15, 0.2) is 72.1 Å². The molecule has 8 nitrogen and oxygen atoms in total. The van der Waals surface area contributed by atoms with E-state index in [4.69, 9.17) is 14.2 Å². The van der Waals surface area contributed by atoms with Crippen LogP contribution in [0.25, 0.3) is 0 Å². The number of nitrogens with zero attached hydrogens (tertiary/aromatic N) is 3. The van der Waals surface area contributed by atoms with Gasteiger partial charge in [0.1, 0.15) is 5.75 Å². The lowest BCUT2D eigenvalue weighted by Crippen LogP contribution is -2.33. The molecule has 0 bridgehead atoms. The SMILES string of the molecule is CCN(C(=O)O)c1ccc(SCC2COC(Cn3ccnc3)(c3ccc(OC)cc3)O2)cc1. The molecule has 2 heterocycles. The van der Waals surface area contributed by atoms with Gasteiger partial charge in [-0.2, -0.15) is 0 Å². The van der Waals surface area contributed by atoms with Crippen LogP contribution in [0.2, 0.25) is 0 Å². The van der Waals surface area contributed by atoms with Crippen LogP contribution in [0.3, 0.4) is 0 Å². The Morgan fingerprint density at radius 1 is 1.27 bits per heavy atom. The van der Waals surface area contributed by atoms with Crippen molar-refractivity contribution in [2.45, 2.75) is 30.3 Å².